The molecule has 0 unspecified atom stereocenters. The number of primary sulfonamides is 1. The third-order valence-electron chi connectivity index (χ3n) is 2.90. The van der Waals surface area contributed by atoms with Crippen LogP contribution in [-0.2, 0) is 10.0 Å². The molecule has 0 bridgehead atoms. The second kappa shape index (κ2) is 6.02. The molecule has 2 aromatic carbocycles. The van der Waals surface area contributed by atoms with E-state index in [0.29, 0.717) is 12.0 Å². The van der Waals surface area contributed by atoms with Gasteiger partial charge in [-0.1, -0.05) is 30.3 Å². The molecule has 0 fully saturated rings. The maximum atomic E-state index is 11.9. The van der Waals surface area contributed by atoms with E-state index in [9.17, 15) is 13.2 Å². The number of carbonyl (C=O) groups excluding carboxylic acids is 1. The van der Waals surface area contributed by atoms with Crippen LogP contribution in [0.1, 0.15) is 16.8 Å². The fourth-order valence-corrected chi connectivity index (χ4v) is 2.45. The third kappa shape index (κ3) is 4.04. The Morgan fingerprint density at radius 2 is 1.80 bits per heavy atom. The summed E-state index contributed by atoms with van der Waals surface area (Å²) in [6.45, 7) is 0.280. The summed E-state index contributed by atoms with van der Waals surface area (Å²) in [7, 11) is -3.47. The van der Waals surface area contributed by atoms with E-state index in [0.717, 1.165) is 10.8 Å². The van der Waals surface area contributed by atoms with Crippen LogP contribution in [0.15, 0.2) is 42.5 Å². The van der Waals surface area contributed by atoms with Crippen LogP contribution in [0.2, 0.25) is 0 Å². The summed E-state index contributed by atoms with van der Waals surface area (Å²) < 4.78 is 21.5. The Bertz CT molecular complexity index is 726. The molecular weight excluding hydrogens is 276 g/mol. The number of hydrogen-bond acceptors (Lipinski definition) is 3. The van der Waals surface area contributed by atoms with Crippen molar-refractivity contribution in [3.8, 4) is 0 Å². The van der Waals surface area contributed by atoms with Gasteiger partial charge >= 0.3 is 0 Å². The lowest BCUT2D eigenvalue weighted by atomic mass is 10.1. The molecule has 5 nitrogen and oxygen atoms in total. The molecule has 0 radical (unpaired) electrons. The van der Waals surface area contributed by atoms with E-state index in [2.05, 4.69) is 5.32 Å². The third-order valence-corrected chi connectivity index (χ3v) is 3.76. The second-order valence-electron chi connectivity index (χ2n) is 4.54. The van der Waals surface area contributed by atoms with Crippen LogP contribution in [0.5, 0.6) is 0 Å². The molecular formula is C14H16N2O3S. The lowest BCUT2D eigenvalue weighted by Gasteiger charge is -2.06. The van der Waals surface area contributed by atoms with Gasteiger partial charge in [0.15, 0.2) is 0 Å². The van der Waals surface area contributed by atoms with Gasteiger partial charge in [0.05, 0.1) is 5.75 Å². The average molecular weight is 292 g/mol. The molecule has 2 rings (SSSR count). The summed E-state index contributed by atoms with van der Waals surface area (Å²) in [5, 5.41) is 9.62. The van der Waals surface area contributed by atoms with Crippen molar-refractivity contribution in [2.45, 2.75) is 6.42 Å². The molecule has 0 spiro atoms. The first-order valence-electron chi connectivity index (χ1n) is 6.23. The molecule has 0 aliphatic rings. The van der Waals surface area contributed by atoms with Crippen molar-refractivity contribution < 1.29 is 13.2 Å². The average Bonchev–Trinajstić information content (AvgIpc) is 2.42. The van der Waals surface area contributed by atoms with Crippen molar-refractivity contribution in [3.05, 3.63) is 48.0 Å². The molecule has 106 valence electrons. The zero-order valence-corrected chi connectivity index (χ0v) is 11.7. The van der Waals surface area contributed by atoms with Crippen LogP contribution in [0, 0.1) is 0 Å². The summed E-state index contributed by atoms with van der Waals surface area (Å²) in [6, 6.07) is 13.2. The molecule has 0 aliphatic heterocycles. The van der Waals surface area contributed by atoms with Crippen molar-refractivity contribution in [1.29, 1.82) is 0 Å². The summed E-state index contributed by atoms with van der Waals surface area (Å²) in [5.41, 5.74) is 0.555. The quantitative estimate of drug-likeness (QED) is 0.813. The molecule has 0 aliphatic carbocycles. The van der Waals surface area contributed by atoms with Crippen LogP contribution < -0.4 is 10.5 Å². The highest BCUT2D eigenvalue weighted by molar-refractivity contribution is 7.89. The maximum Gasteiger partial charge on any atom is 0.251 e. The van der Waals surface area contributed by atoms with Gasteiger partial charge in [-0.05, 0) is 29.3 Å². The van der Waals surface area contributed by atoms with Crippen LogP contribution >= 0.6 is 0 Å². The number of rotatable bonds is 5. The Morgan fingerprint density at radius 1 is 1.10 bits per heavy atom. The molecule has 1 amide bonds. The predicted molar refractivity (Wildman–Crippen MR) is 78.9 cm³/mol. The minimum absolute atomic E-state index is 0.134. The van der Waals surface area contributed by atoms with Crippen molar-refractivity contribution in [2.75, 3.05) is 12.3 Å². The Balaban J connectivity index is 1.97. The van der Waals surface area contributed by atoms with Crippen molar-refractivity contribution in [2.24, 2.45) is 5.14 Å². The summed E-state index contributed by atoms with van der Waals surface area (Å²) in [5.74, 6) is -0.351. The van der Waals surface area contributed by atoms with E-state index in [1.807, 2.05) is 36.4 Å². The number of fused-ring (bicyclic) bond motifs is 1. The molecule has 6 heteroatoms. The number of nitrogens with two attached hydrogens (primary N) is 1. The van der Waals surface area contributed by atoms with Gasteiger partial charge in [0.25, 0.3) is 5.91 Å². The first-order valence-corrected chi connectivity index (χ1v) is 7.95. The first kappa shape index (κ1) is 14.5. The van der Waals surface area contributed by atoms with Gasteiger partial charge in [-0.25, -0.2) is 13.6 Å². The van der Waals surface area contributed by atoms with Crippen LogP contribution in [0.25, 0.3) is 10.8 Å². The minimum atomic E-state index is -3.47. The summed E-state index contributed by atoms with van der Waals surface area (Å²) in [6.07, 6.45) is 0.304. The van der Waals surface area contributed by atoms with E-state index in [-0.39, 0.29) is 18.2 Å². The van der Waals surface area contributed by atoms with Gasteiger partial charge < -0.3 is 5.32 Å². The SMILES string of the molecule is NS(=O)(=O)CCCNC(=O)c1ccc2ccccc2c1. The van der Waals surface area contributed by atoms with Crippen molar-refractivity contribution in [1.82, 2.24) is 5.32 Å². The number of benzene rings is 2. The zero-order chi connectivity index (χ0) is 14.6. The molecule has 3 N–H and O–H groups in total. The van der Waals surface area contributed by atoms with Gasteiger partial charge in [0.2, 0.25) is 10.0 Å². The van der Waals surface area contributed by atoms with E-state index in [1.165, 1.54) is 0 Å². The molecule has 0 heterocycles. The molecule has 0 saturated heterocycles. The van der Waals surface area contributed by atoms with Gasteiger partial charge in [-0.2, -0.15) is 0 Å². The Kier molecular flexibility index (Phi) is 4.36. The lowest BCUT2D eigenvalue weighted by molar-refractivity contribution is 0.0954. The van der Waals surface area contributed by atoms with Crippen LogP contribution in [-0.4, -0.2) is 26.6 Å². The number of amides is 1. The predicted octanol–water partition coefficient (Wildman–Crippen LogP) is 1.25. The Labute approximate surface area is 117 Å². The Morgan fingerprint density at radius 3 is 2.50 bits per heavy atom. The minimum Gasteiger partial charge on any atom is -0.352 e. The van der Waals surface area contributed by atoms with E-state index in [1.54, 1.807) is 6.07 Å². The molecule has 0 saturated carbocycles. The standard InChI is InChI=1S/C14H16N2O3S/c15-20(18,19)9-3-8-16-14(17)13-7-6-11-4-1-2-5-12(11)10-13/h1-2,4-7,10H,3,8-9H2,(H,16,17)(H2,15,18,19). The smallest absolute Gasteiger partial charge is 0.251 e. The summed E-state index contributed by atoms with van der Waals surface area (Å²) in [4.78, 5) is 11.9. The maximum absolute atomic E-state index is 11.9. The van der Waals surface area contributed by atoms with E-state index >= 15 is 0 Å². The highest BCUT2D eigenvalue weighted by Crippen LogP contribution is 2.15. The Hall–Kier alpha value is -1.92. The van der Waals surface area contributed by atoms with E-state index < -0.39 is 10.0 Å². The van der Waals surface area contributed by atoms with E-state index in [4.69, 9.17) is 5.14 Å². The molecule has 20 heavy (non-hydrogen) atoms. The molecule has 2 aromatic rings. The number of sulfonamides is 1. The van der Waals surface area contributed by atoms with Gasteiger partial charge in [0, 0.05) is 12.1 Å². The van der Waals surface area contributed by atoms with Crippen LogP contribution in [0.4, 0.5) is 0 Å². The normalized spacial score (nSPS) is 11.4. The monoisotopic (exact) mass is 292 g/mol. The van der Waals surface area contributed by atoms with Gasteiger partial charge in [0.1, 0.15) is 0 Å². The highest BCUT2D eigenvalue weighted by atomic mass is 32.2. The zero-order valence-electron chi connectivity index (χ0n) is 10.9. The largest absolute Gasteiger partial charge is 0.352 e. The van der Waals surface area contributed by atoms with Gasteiger partial charge in [-0.3, -0.25) is 4.79 Å². The topological polar surface area (TPSA) is 89.3 Å². The van der Waals surface area contributed by atoms with Gasteiger partial charge in [-0.15, -0.1) is 0 Å². The van der Waals surface area contributed by atoms with Crippen molar-refractivity contribution >= 4 is 26.7 Å². The number of nitrogens with one attached hydrogen (secondary N) is 1. The number of hydrogen-bond donors (Lipinski definition) is 2. The lowest BCUT2D eigenvalue weighted by Crippen LogP contribution is -2.27. The highest BCUT2D eigenvalue weighted by Gasteiger charge is 2.07. The summed E-state index contributed by atoms with van der Waals surface area (Å²) >= 11 is 0. The fraction of sp³-hybridized carbons (Fsp3) is 0.214. The fourth-order valence-electron chi connectivity index (χ4n) is 1.91. The molecule has 0 atom stereocenters. The molecule has 0 aromatic heterocycles. The van der Waals surface area contributed by atoms with Crippen molar-refractivity contribution in [3.63, 3.8) is 0 Å². The number of carbonyl (C=O) groups is 1. The second-order valence-corrected chi connectivity index (χ2v) is 6.27. The first-order chi connectivity index (χ1) is 9.46. The van der Waals surface area contributed by atoms with Crippen LogP contribution in [0.3, 0.4) is 0 Å².